The number of pyridine rings is 1. The molecule has 1 aliphatic rings. The van der Waals surface area contributed by atoms with Gasteiger partial charge in [0.25, 0.3) is 0 Å². The lowest BCUT2D eigenvalue weighted by Gasteiger charge is -2.12. The van der Waals surface area contributed by atoms with Crippen LogP contribution in [0.3, 0.4) is 0 Å². The summed E-state index contributed by atoms with van der Waals surface area (Å²) in [4.78, 5) is 3.50. The van der Waals surface area contributed by atoms with Gasteiger partial charge in [0.15, 0.2) is 33.1 Å². The molecule has 0 aliphatic carbocycles. The lowest BCUT2D eigenvalue weighted by atomic mass is 10.2. The highest BCUT2D eigenvalue weighted by Crippen LogP contribution is 2.22. The van der Waals surface area contributed by atoms with Crippen molar-refractivity contribution in [2.45, 2.75) is 18.1 Å². The van der Waals surface area contributed by atoms with Crippen molar-refractivity contribution < 1.29 is 17.2 Å². The molecule has 1 aromatic heterocycles. The number of nitrogen functional groups attached to an aromatic ring is 1. The second-order valence-electron chi connectivity index (χ2n) is 4.20. The van der Waals surface area contributed by atoms with Gasteiger partial charge in [0, 0.05) is 12.6 Å². The van der Waals surface area contributed by atoms with E-state index in [9.17, 15) is 17.2 Å². The van der Waals surface area contributed by atoms with E-state index in [0.29, 0.717) is 18.9 Å². The second kappa shape index (κ2) is 4.68. The minimum absolute atomic E-state index is 0.0529. The van der Waals surface area contributed by atoms with E-state index in [1.807, 2.05) is 0 Å². The van der Waals surface area contributed by atoms with Gasteiger partial charge in [0.05, 0.1) is 11.0 Å². The molecule has 0 amide bonds. The molecule has 0 spiro atoms. The molecule has 1 aromatic rings. The molecule has 1 unspecified atom stereocenters. The van der Waals surface area contributed by atoms with Crippen molar-refractivity contribution >= 4 is 21.5 Å². The standard InChI is InChI=1S/C10H13F2N3O2S/c11-7-4-8(12)10(15-9(7)13)14-5-6-2-1-3-18(6,16)17/h4,6H,1-3,5H2,(H3,13,14,15). The summed E-state index contributed by atoms with van der Waals surface area (Å²) in [5.41, 5.74) is 5.22. The number of nitrogens with zero attached hydrogens (tertiary/aromatic N) is 1. The quantitative estimate of drug-likeness (QED) is 0.858. The normalized spacial score (nSPS) is 22.0. The van der Waals surface area contributed by atoms with Gasteiger partial charge >= 0.3 is 0 Å². The van der Waals surface area contributed by atoms with Crippen LogP contribution in [-0.2, 0) is 9.84 Å². The van der Waals surface area contributed by atoms with E-state index in [1.54, 1.807) is 0 Å². The fourth-order valence-corrected chi connectivity index (χ4v) is 3.67. The van der Waals surface area contributed by atoms with E-state index in [-0.39, 0.29) is 18.1 Å². The molecule has 0 saturated carbocycles. The lowest BCUT2D eigenvalue weighted by molar-refractivity contribution is 0.577. The van der Waals surface area contributed by atoms with Gasteiger partial charge in [-0.3, -0.25) is 0 Å². The Morgan fingerprint density at radius 1 is 1.44 bits per heavy atom. The average Bonchev–Trinajstić information content (AvgIpc) is 2.61. The summed E-state index contributed by atoms with van der Waals surface area (Å²) in [6, 6.07) is 0.619. The van der Waals surface area contributed by atoms with Gasteiger partial charge in [-0.15, -0.1) is 0 Å². The molecule has 1 atom stereocenters. The molecule has 0 aromatic carbocycles. The van der Waals surface area contributed by atoms with E-state index in [0.717, 1.165) is 0 Å². The summed E-state index contributed by atoms with van der Waals surface area (Å²) in [6.07, 6.45) is 1.14. The molecule has 100 valence electrons. The number of aromatic nitrogens is 1. The highest BCUT2D eigenvalue weighted by Gasteiger charge is 2.31. The van der Waals surface area contributed by atoms with Crippen LogP contribution >= 0.6 is 0 Å². The van der Waals surface area contributed by atoms with Crippen LogP contribution in [0.25, 0.3) is 0 Å². The van der Waals surface area contributed by atoms with Crippen LogP contribution in [0.2, 0.25) is 0 Å². The van der Waals surface area contributed by atoms with Crippen molar-refractivity contribution in [2.75, 3.05) is 23.3 Å². The van der Waals surface area contributed by atoms with Gasteiger partial charge in [-0.1, -0.05) is 0 Å². The summed E-state index contributed by atoms with van der Waals surface area (Å²) in [5.74, 6) is -2.33. The third-order valence-electron chi connectivity index (χ3n) is 2.92. The van der Waals surface area contributed by atoms with E-state index in [4.69, 9.17) is 5.73 Å². The fourth-order valence-electron chi connectivity index (χ4n) is 1.90. The Labute approximate surface area is 103 Å². The summed E-state index contributed by atoms with van der Waals surface area (Å²) >= 11 is 0. The summed E-state index contributed by atoms with van der Waals surface area (Å²) < 4.78 is 49.3. The Kier molecular flexibility index (Phi) is 3.38. The Morgan fingerprint density at radius 2 is 2.17 bits per heavy atom. The molecule has 2 rings (SSSR count). The number of nitrogens with one attached hydrogen (secondary N) is 1. The van der Waals surface area contributed by atoms with Gasteiger partial charge in [0.2, 0.25) is 0 Å². The van der Waals surface area contributed by atoms with Crippen LogP contribution in [0.1, 0.15) is 12.8 Å². The average molecular weight is 277 g/mol. The van der Waals surface area contributed by atoms with Crippen LogP contribution in [-0.4, -0.2) is 30.9 Å². The van der Waals surface area contributed by atoms with Crippen molar-refractivity contribution in [3.63, 3.8) is 0 Å². The van der Waals surface area contributed by atoms with Gasteiger partial charge in [-0.2, -0.15) is 0 Å². The number of hydrogen-bond acceptors (Lipinski definition) is 5. The number of nitrogens with two attached hydrogens (primary N) is 1. The zero-order valence-corrected chi connectivity index (χ0v) is 10.3. The van der Waals surface area contributed by atoms with Crippen molar-refractivity contribution in [3.8, 4) is 0 Å². The molecule has 1 fully saturated rings. The van der Waals surface area contributed by atoms with Crippen molar-refractivity contribution in [1.29, 1.82) is 0 Å². The molecule has 8 heteroatoms. The minimum atomic E-state index is -3.11. The highest BCUT2D eigenvalue weighted by molar-refractivity contribution is 7.92. The molecule has 0 bridgehead atoms. The second-order valence-corrected chi connectivity index (χ2v) is 6.60. The van der Waals surface area contributed by atoms with E-state index >= 15 is 0 Å². The Morgan fingerprint density at radius 3 is 2.78 bits per heavy atom. The van der Waals surface area contributed by atoms with E-state index < -0.39 is 32.5 Å². The monoisotopic (exact) mass is 277 g/mol. The molecule has 0 radical (unpaired) electrons. The predicted molar refractivity (Wildman–Crippen MR) is 63.9 cm³/mol. The van der Waals surface area contributed by atoms with Crippen LogP contribution in [0.4, 0.5) is 20.4 Å². The topological polar surface area (TPSA) is 85.1 Å². The third kappa shape index (κ3) is 2.53. The Balaban J connectivity index is 2.09. The maximum atomic E-state index is 13.3. The molecule has 3 N–H and O–H groups in total. The molecule has 1 saturated heterocycles. The van der Waals surface area contributed by atoms with Crippen LogP contribution in [0, 0.1) is 11.6 Å². The molecular formula is C10H13F2N3O2S. The highest BCUT2D eigenvalue weighted by atomic mass is 32.2. The van der Waals surface area contributed by atoms with Gasteiger partial charge in [-0.25, -0.2) is 22.2 Å². The first kappa shape index (κ1) is 13.0. The van der Waals surface area contributed by atoms with Crippen LogP contribution < -0.4 is 11.1 Å². The van der Waals surface area contributed by atoms with Gasteiger partial charge in [-0.05, 0) is 12.8 Å². The SMILES string of the molecule is Nc1nc(NCC2CCCS2(=O)=O)c(F)cc1F. The number of halogens is 2. The first-order valence-corrected chi connectivity index (χ1v) is 7.18. The Hall–Kier alpha value is -1.44. The molecule has 1 aliphatic heterocycles. The van der Waals surface area contributed by atoms with Gasteiger partial charge in [0.1, 0.15) is 0 Å². The third-order valence-corrected chi connectivity index (χ3v) is 5.19. The Bertz CT molecular complexity index is 562. The number of hydrogen-bond donors (Lipinski definition) is 2. The number of anilines is 2. The van der Waals surface area contributed by atoms with Gasteiger partial charge < -0.3 is 11.1 Å². The summed E-state index contributed by atoms with van der Waals surface area (Å²) in [6.45, 7) is 0.0529. The van der Waals surface area contributed by atoms with Crippen molar-refractivity contribution in [1.82, 2.24) is 4.98 Å². The largest absolute Gasteiger partial charge is 0.381 e. The van der Waals surface area contributed by atoms with Crippen LogP contribution in [0.15, 0.2) is 6.07 Å². The summed E-state index contributed by atoms with van der Waals surface area (Å²) in [5, 5.41) is 2.02. The number of sulfone groups is 1. The van der Waals surface area contributed by atoms with Crippen molar-refractivity contribution in [3.05, 3.63) is 17.7 Å². The molecule has 18 heavy (non-hydrogen) atoms. The summed E-state index contributed by atoms with van der Waals surface area (Å²) in [7, 11) is -3.11. The first-order valence-electron chi connectivity index (χ1n) is 5.47. The van der Waals surface area contributed by atoms with E-state index in [1.165, 1.54) is 0 Å². The molecular weight excluding hydrogens is 264 g/mol. The molecule has 5 nitrogen and oxygen atoms in total. The first-order chi connectivity index (χ1) is 8.40. The number of rotatable bonds is 3. The zero-order valence-electron chi connectivity index (χ0n) is 9.49. The lowest BCUT2D eigenvalue weighted by Crippen LogP contribution is -2.25. The van der Waals surface area contributed by atoms with Crippen molar-refractivity contribution in [2.24, 2.45) is 0 Å². The maximum Gasteiger partial charge on any atom is 0.168 e. The van der Waals surface area contributed by atoms with E-state index in [2.05, 4.69) is 10.3 Å². The zero-order chi connectivity index (χ0) is 13.3. The minimum Gasteiger partial charge on any atom is -0.381 e. The predicted octanol–water partition coefficient (Wildman–Crippen LogP) is 0.931. The smallest absolute Gasteiger partial charge is 0.168 e. The molecule has 2 heterocycles. The van der Waals surface area contributed by atoms with Crippen LogP contribution in [0.5, 0.6) is 0 Å². The fraction of sp³-hybridized carbons (Fsp3) is 0.500. The maximum absolute atomic E-state index is 13.3.